The number of nitrogens with zero attached hydrogens (tertiary/aromatic N) is 1. The second-order valence-electron chi connectivity index (χ2n) is 4.84. The third-order valence-corrected chi connectivity index (χ3v) is 3.58. The van der Waals surface area contributed by atoms with Crippen molar-refractivity contribution in [3.05, 3.63) is 69.2 Å². The number of carbonyl (C=O) groups excluding carboxylic acids is 1. The molecule has 0 spiro atoms. The molecule has 0 aliphatic heterocycles. The van der Waals surface area contributed by atoms with E-state index >= 15 is 0 Å². The van der Waals surface area contributed by atoms with Gasteiger partial charge in [-0.1, -0.05) is 23.7 Å². The summed E-state index contributed by atoms with van der Waals surface area (Å²) in [5, 5.41) is 0.843. The molecular weight excluding hydrogens is 318 g/mol. The zero-order chi connectivity index (χ0) is 16.4. The summed E-state index contributed by atoms with van der Waals surface area (Å²) in [6.45, 7) is -0.151. The summed E-state index contributed by atoms with van der Waals surface area (Å²) in [5.41, 5.74) is 6.47. The van der Waals surface area contributed by atoms with E-state index in [1.165, 1.54) is 18.2 Å². The number of nitrogens with one attached hydrogen (secondary N) is 1. The van der Waals surface area contributed by atoms with E-state index in [9.17, 15) is 9.59 Å². The Kier molecular flexibility index (Phi) is 3.99. The maximum absolute atomic E-state index is 12.0. The number of nitrogen functional groups attached to an aromatic ring is 1. The van der Waals surface area contributed by atoms with Crippen molar-refractivity contribution in [1.82, 2.24) is 9.97 Å². The van der Waals surface area contributed by atoms with Gasteiger partial charge in [0.1, 0.15) is 12.4 Å². The molecule has 6 nitrogen and oxygen atoms in total. The number of hydrogen-bond acceptors (Lipinski definition) is 5. The summed E-state index contributed by atoms with van der Waals surface area (Å²) >= 11 is 5.80. The minimum Gasteiger partial charge on any atom is -0.454 e. The number of benzene rings is 2. The van der Waals surface area contributed by atoms with Gasteiger partial charge < -0.3 is 15.5 Å². The minimum absolute atomic E-state index is 0.151. The smallest absolute Gasteiger partial charge is 0.338 e. The standard InChI is InChI=1S/C16H12ClN3O3/c17-11-6-5-9(7-12(11)18)16(22)23-8-14-19-13-4-2-1-3-10(13)15(21)20-14/h1-7H,8,18H2,(H,19,20,21). The first kappa shape index (κ1) is 15.1. The third kappa shape index (κ3) is 3.17. The Hall–Kier alpha value is -2.86. The van der Waals surface area contributed by atoms with E-state index < -0.39 is 5.97 Å². The van der Waals surface area contributed by atoms with Crippen LogP contribution in [-0.2, 0) is 11.3 Å². The van der Waals surface area contributed by atoms with Crippen molar-refractivity contribution in [1.29, 1.82) is 0 Å². The normalized spacial score (nSPS) is 10.7. The highest BCUT2D eigenvalue weighted by Gasteiger charge is 2.11. The Morgan fingerprint density at radius 2 is 2.04 bits per heavy atom. The Labute approximate surface area is 135 Å². The van der Waals surface area contributed by atoms with Crippen LogP contribution >= 0.6 is 11.6 Å². The fraction of sp³-hybridized carbons (Fsp3) is 0.0625. The third-order valence-electron chi connectivity index (χ3n) is 3.23. The number of nitrogens with two attached hydrogens (primary N) is 1. The number of H-pyrrole nitrogens is 1. The molecule has 0 atom stereocenters. The summed E-state index contributed by atoms with van der Waals surface area (Å²) in [5.74, 6) is -0.312. The van der Waals surface area contributed by atoms with Crippen LogP contribution in [-0.4, -0.2) is 15.9 Å². The monoisotopic (exact) mass is 329 g/mol. The molecule has 116 valence electrons. The number of anilines is 1. The number of rotatable bonds is 3. The Balaban J connectivity index is 1.79. The highest BCUT2D eigenvalue weighted by molar-refractivity contribution is 6.33. The van der Waals surface area contributed by atoms with Gasteiger partial charge in [0.15, 0.2) is 0 Å². The molecule has 0 radical (unpaired) electrons. The summed E-state index contributed by atoms with van der Waals surface area (Å²) < 4.78 is 5.14. The highest BCUT2D eigenvalue weighted by Crippen LogP contribution is 2.20. The van der Waals surface area contributed by atoms with Gasteiger partial charge in [-0.05, 0) is 30.3 Å². The molecular formula is C16H12ClN3O3. The fourth-order valence-corrected chi connectivity index (χ4v) is 2.21. The second-order valence-corrected chi connectivity index (χ2v) is 5.25. The summed E-state index contributed by atoms with van der Waals surface area (Å²) in [7, 11) is 0. The van der Waals surface area contributed by atoms with E-state index in [0.29, 0.717) is 21.6 Å². The molecule has 0 saturated heterocycles. The summed E-state index contributed by atoms with van der Waals surface area (Å²) in [6.07, 6.45) is 0. The number of aromatic nitrogens is 2. The van der Waals surface area contributed by atoms with Crippen LogP contribution in [0.1, 0.15) is 16.2 Å². The van der Waals surface area contributed by atoms with Crippen LogP contribution in [0.5, 0.6) is 0 Å². The zero-order valence-electron chi connectivity index (χ0n) is 11.9. The quantitative estimate of drug-likeness (QED) is 0.568. The van der Waals surface area contributed by atoms with Crippen LogP contribution in [0.2, 0.25) is 5.02 Å². The van der Waals surface area contributed by atoms with Crippen LogP contribution in [0, 0.1) is 0 Å². The largest absolute Gasteiger partial charge is 0.454 e. The van der Waals surface area contributed by atoms with E-state index in [0.717, 1.165) is 0 Å². The van der Waals surface area contributed by atoms with Crippen molar-refractivity contribution in [2.45, 2.75) is 6.61 Å². The number of fused-ring (bicyclic) bond motifs is 1. The molecule has 0 bridgehead atoms. The van der Waals surface area contributed by atoms with E-state index in [1.54, 1.807) is 24.3 Å². The minimum atomic E-state index is -0.579. The van der Waals surface area contributed by atoms with Crippen LogP contribution in [0.3, 0.4) is 0 Å². The van der Waals surface area contributed by atoms with Crippen LogP contribution in [0.25, 0.3) is 10.9 Å². The second kappa shape index (κ2) is 6.10. The van der Waals surface area contributed by atoms with Gasteiger partial charge in [-0.15, -0.1) is 0 Å². The molecule has 3 rings (SSSR count). The van der Waals surface area contributed by atoms with Gasteiger partial charge in [0.2, 0.25) is 0 Å². The molecule has 0 fully saturated rings. The lowest BCUT2D eigenvalue weighted by Gasteiger charge is -2.06. The lowest BCUT2D eigenvalue weighted by Crippen LogP contribution is -2.14. The molecule has 0 aliphatic rings. The van der Waals surface area contributed by atoms with Gasteiger partial charge in [0.05, 0.1) is 27.2 Å². The van der Waals surface area contributed by atoms with Gasteiger partial charge in [0, 0.05) is 0 Å². The predicted octanol–water partition coefficient (Wildman–Crippen LogP) is 2.52. The van der Waals surface area contributed by atoms with E-state index in [-0.39, 0.29) is 23.6 Å². The van der Waals surface area contributed by atoms with Gasteiger partial charge >= 0.3 is 5.97 Å². The van der Waals surface area contributed by atoms with E-state index in [4.69, 9.17) is 22.1 Å². The van der Waals surface area contributed by atoms with E-state index in [2.05, 4.69) is 9.97 Å². The summed E-state index contributed by atoms with van der Waals surface area (Å²) in [4.78, 5) is 30.8. The highest BCUT2D eigenvalue weighted by atomic mass is 35.5. The topological polar surface area (TPSA) is 98.1 Å². The molecule has 1 heterocycles. The Morgan fingerprint density at radius 1 is 1.26 bits per heavy atom. The Bertz CT molecular complexity index is 953. The SMILES string of the molecule is Nc1cc(C(=O)OCc2nc3ccccc3c(=O)[nH]2)ccc1Cl. The average molecular weight is 330 g/mol. The molecule has 3 N–H and O–H groups in total. The first-order valence-electron chi connectivity index (χ1n) is 6.74. The Morgan fingerprint density at radius 3 is 2.83 bits per heavy atom. The van der Waals surface area contributed by atoms with Gasteiger partial charge in [0.25, 0.3) is 5.56 Å². The van der Waals surface area contributed by atoms with Crippen molar-refractivity contribution in [2.24, 2.45) is 0 Å². The average Bonchev–Trinajstić information content (AvgIpc) is 2.55. The molecule has 0 amide bonds. The predicted molar refractivity (Wildman–Crippen MR) is 87.3 cm³/mol. The molecule has 0 aliphatic carbocycles. The number of carbonyl (C=O) groups is 1. The van der Waals surface area contributed by atoms with Gasteiger partial charge in [-0.25, -0.2) is 9.78 Å². The van der Waals surface area contributed by atoms with Crippen molar-refractivity contribution in [3.63, 3.8) is 0 Å². The lowest BCUT2D eigenvalue weighted by molar-refractivity contribution is 0.0462. The lowest BCUT2D eigenvalue weighted by atomic mass is 10.2. The number of para-hydroxylation sites is 1. The van der Waals surface area contributed by atoms with Gasteiger partial charge in [-0.3, -0.25) is 4.79 Å². The number of halogens is 1. The number of esters is 1. The zero-order valence-corrected chi connectivity index (χ0v) is 12.6. The molecule has 7 heteroatoms. The first-order valence-corrected chi connectivity index (χ1v) is 7.12. The van der Waals surface area contributed by atoms with Crippen molar-refractivity contribution >= 4 is 34.2 Å². The number of ether oxygens (including phenoxy) is 1. The van der Waals surface area contributed by atoms with Crippen LogP contribution in [0.15, 0.2) is 47.3 Å². The molecule has 1 aromatic heterocycles. The summed E-state index contributed by atoms with van der Waals surface area (Å²) in [6, 6.07) is 11.4. The van der Waals surface area contributed by atoms with Crippen molar-refractivity contribution in [3.8, 4) is 0 Å². The maximum Gasteiger partial charge on any atom is 0.338 e. The van der Waals surface area contributed by atoms with Crippen molar-refractivity contribution in [2.75, 3.05) is 5.73 Å². The van der Waals surface area contributed by atoms with Crippen LogP contribution in [0.4, 0.5) is 5.69 Å². The molecule has 3 aromatic rings. The van der Waals surface area contributed by atoms with Gasteiger partial charge in [-0.2, -0.15) is 0 Å². The maximum atomic E-state index is 12.0. The molecule has 0 unspecified atom stereocenters. The van der Waals surface area contributed by atoms with Crippen molar-refractivity contribution < 1.29 is 9.53 Å². The number of hydrogen-bond donors (Lipinski definition) is 2. The first-order chi connectivity index (χ1) is 11.0. The molecule has 0 saturated carbocycles. The number of aromatic amines is 1. The van der Waals surface area contributed by atoms with E-state index in [1.807, 2.05) is 0 Å². The molecule has 2 aromatic carbocycles. The van der Waals surface area contributed by atoms with Crippen LogP contribution < -0.4 is 11.3 Å². The molecule has 23 heavy (non-hydrogen) atoms. The fourth-order valence-electron chi connectivity index (χ4n) is 2.09.